The van der Waals surface area contributed by atoms with E-state index < -0.39 is 0 Å². The molecule has 10 aromatic carbocycles. The standard InChI is InChI=1S/C61H35N5OS/c1-2-16-37(17-3-1)59-62-60(48-24-14-23-47-44-22-9-13-28-54(44)68-58(47)48)64-61(63-59)66-51-26-11-7-20-42(51)46-32-31-45-41-19-6-10-25-50(41)65(55(45)56(46)66)52-35-40(39-30-29-36-15-4-5-18-38(36)33-39)34-49-43-21-8-12-27-53(43)67-57(49)52/h1-35H. The predicted octanol–water partition coefficient (Wildman–Crippen LogP) is 16.5. The second-order valence-electron chi connectivity index (χ2n) is 17.5. The van der Waals surface area contributed by atoms with E-state index in [-0.39, 0.29) is 0 Å². The van der Waals surface area contributed by atoms with Gasteiger partial charge in [-0.05, 0) is 70.4 Å². The summed E-state index contributed by atoms with van der Waals surface area (Å²) >= 11 is 1.78. The zero-order valence-electron chi connectivity index (χ0n) is 36.3. The van der Waals surface area contributed by atoms with E-state index in [1.54, 1.807) is 11.3 Å². The number of benzene rings is 10. The third kappa shape index (κ3) is 5.42. The summed E-state index contributed by atoms with van der Waals surface area (Å²) in [6, 6.07) is 75.5. The van der Waals surface area contributed by atoms with Crippen LogP contribution in [0.25, 0.3) is 142 Å². The molecule has 0 aliphatic heterocycles. The summed E-state index contributed by atoms with van der Waals surface area (Å²) in [6.07, 6.45) is 0. The monoisotopic (exact) mass is 885 g/mol. The SMILES string of the molecule is c1ccc(-c2nc(-c3cccc4c3sc3ccccc34)nc(-n3c4ccccc4c4ccc5c6ccccc6n(-c6cc(-c7ccc8ccccc8c7)cc7c6oc6ccccc67)c5c43)n2)cc1. The first-order valence-electron chi connectivity index (χ1n) is 22.8. The molecular weight excluding hydrogens is 851 g/mol. The van der Waals surface area contributed by atoms with Crippen LogP contribution in [0.15, 0.2) is 217 Å². The van der Waals surface area contributed by atoms with E-state index >= 15 is 0 Å². The third-order valence-electron chi connectivity index (χ3n) is 13.8. The Hall–Kier alpha value is -8.91. The lowest BCUT2D eigenvalue weighted by molar-refractivity contribution is 0.666. The summed E-state index contributed by atoms with van der Waals surface area (Å²) in [5.74, 6) is 1.77. The Labute approximate surface area is 392 Å². The number of rotatable bonds is 5. The largest absolute Gasteiger partial charge is 0.454 e. The molecule has 5 aromatic heterocycles. The van der Waals surface area contributed by atoms with Crippen LogP contribution in [0, 0.1) is 0 Å². The molecule has 15 rings (SSSR count). The fourth-order valence-corrected chi connectivity index (χ4v) is 11.9. The number of para-hydroxylation sites is 3. The van der Waals surface area contributed by atoms with Gasteiger partial charge in [-0.3, -0.25) is 4.57 Å². The summed E-state index contributed by atoms with van der Waals surface area (Å²) in [4.78, 5) is 16.3. The third-order valence-corrected chi connectivity index (χ3v) is 15.0. The summed E-state index contributed by atoms with van der Waals surface area (Å²) < 4.78 is 14.1. The predicted molar refractivity (Wildman–Crippen MR) is 282 cm³/mol. The lowest BCUT2D eigenvalue weighted by Gasteiger charge is -2.15. The van der Waals surface area contributed by atoms with Crippen molar-refractivity contribution in [1.29, 1.82) is 0 Å². The Morgan fingerprint density at radius 2 is 1.03 bits per heavy atom. The number of fused-ring (bicyclic) bond motifs is 14. The average Bonchev–Trinajstić information content (AvgIpc) is 4.16. The van der Waals surface area contributed by atoms with Crippen molar-refractivity contribution in [3.63, 3.8) is 0 Å². The first-order valence-corrected chi connectivity index (χ1v) is 23.7. The molecule has 6 nitrogen and oxygen atoms in total. The topological polar surface area (TPSA) is 61.7 Å². The second kappa shape index (κ2) is 14.3. The van der Waals surface area contributed by atoms with Gasteiger partial charge in [0.15, 0.2) is 17.2 Å². The molecule has 0 amide bonds. The van der Waals surface area contributed by atoms with Crippen molar-refractivity contribution in [1.82, 2.24) is 24.1 Å². The fourth-order valence-electron chi connectivity index (χ4n) is 10.7. The smallest absolute Gasteiger partial charge is 0.238 e. The highest BCUT2D eigenvalue weighted by atomic mass is 32.1. The van der Waals surface area contributed by atoms with Gasteiger partial charge >= 0.3 is 0 Å². The first kappa shape index (κ1) is 37.3. The zero-order chi connectivity index (χ0) is 44.5. The Morgan fingerprint density at radius 3 is 1.85 bits per heavy atom. The minimum absolute atomic E-state index is 0.543. The van der Waals surface area contributed by atoms with Crippen molar-refractivity contribution in [2.75, 3.05) is 0 Å². The lowest BCUT2D eigenvalue weighted by atomic mass is 9.98. The number of nitrogens with zero attached hydrogens (tertiary/aromatic N) is 5. The van der Waals surface area contributed by atoms with Gasteiger partial charge < -0.3 is 8.98 Å². The van der Waals surface area contributed by atoms with E-state index in [9.17, 15) is 0 Å². The summed E-state index contributed by atoms with van der Waals surface area (Å²) in [7, 11) is 0. The van der Waals surface area contributed by atoms with Gasteiger partial charge in [-0.15, -0.1) is 11.3 Å². The van der Waals surface area contributed by atoms with Crippen LogP contribution >= 0.6 is 11.3 Å². The van der Waals surface area contributed by atoms with Gasteiger partial charge in [0.2, 0.25) is 5.95 Å². The van der Waals surface area contributed by atoms with Gasteiger partial charge in [-0.2, -0.15) is 9.97 Å². The molecule has 0 spiro atoms. The van der Waals surface area contributed by atoms with Crippen molar-refractivity contribution >= 4 is 108 Å². The molecule has 316 valence electrons. The summed E-state index contributed by atoms with van der Waals surface area (Å²) in [5, 5.41) is 11.4. The van der Waals surface area contributed by atoms with Crippen LogP contribution < -0.4 is 0 Å². The van der Waals surface area contributed by atoms with Gasteiger partial charge in [0, 0.05) is 63.6 Å². The minimum atomic E-state index is 0.543. The summed E-state index contributed by atoms with van der Waals surface area (Å²) in [6.45, 7) is 0. The number of thiophene rings is 1. The van der Waals surface area contributed by atoms with Crippen LogP contribution in [0.5, 0.6) is 0 Å². The van der Waals surface area contributed by atoms with Crippen LogP contribution in [0.3, 0.4) is 0 Å². The molecular formula is C61H35N5OS. The normalized spacial score (nSPS) is 12.1. The van der Waals surface area contributed by atoms with Crippen LogP contribution in [0.4, 0.5) is 0 Å². The molecule has 0 saturated carbocycles. The molecule has 15 aromatic rings. The van der Waals surface area contributed by atoms with E-state index in [4.69, 9.17) is 19.4 Å². The Bertz CT molecular complexity index is 4580. The van der Waals surface area contributed by atoms with Gasteiger partial charge in [0.25, 0.3) is 0 Å². The number of hydrogen-bond donors (Lipinski definition) is 0. The van der Waals surface area contributed by atoms with Crippen LogP contribution in [-0.4, -0.2) is 24.1 Å². The van der Waals surface area contributed by atoms with E-state index in [2.05, 4.69) is 197 Å². The van der Waals surface area contributed by atoms with E-state index in [1.807, 2.05) is 24.3 Å². The Morgan fingerprint density at radius 1 is 0.382 bits per heavy atom. The highest BCUT2D eigenvalue weighted by Gasteiger charge is 2.26. The first-order chi connectivity index (χ1) is 33.7. The zero-order valence-corrected chi connectivity index (χ0v) is 37.1. The number of aromatic nitrogens is 5. The van der Waals surface area contributed by atoms with Crippen molar-refractivity contribution in [3.8, 4) is 45.5 Å². The maximum absolute atomic E-state index is 6.98. The van der Waals surface area contributed by atoms with Gasteiger partial charge in [-0.1, -0.05) is 164 Å². The highest BCUT2D eigenvalue weighted by molar-refractivity contribution is 7.26. The minimum Gasteiger partial charge on any atom is -0.454 e. The van der Waals surface area contributed by atoms with Crippen molar-refractivity contribution in [3.05, 3.63) is 212 Å². The maximum atomic E-state index is 6.98. The molecule has 7 heteroatoms. The quantitative estimate of drug-likeness (QED) is 0.173. The number of furan rings is 1. The average molecular weight is 886 g/mol. The molecule has 0 saturated heterocycles. The number of hydrogen-bond acceptors (Lipinski definition) is 5. The van der Waals surface area contributed by atoms with Crippen molar-refractivity contribution in [2.24, 2.45) is 0 Å². The lowest BCUT2D eigenvalue weighted by Crippen LogP contribution is -2.07. The molecule has 68 heavy (non-hydrogen) atoms. The van der Waals surface area contributed by atoms with Crippen molar-refractivity contribution < 1.29 is 4.42 Å². The molecule has 0 radical (unpaired) electrons. The molecule has 0 aliphatic rings. The molecule has 0 aliphatic carbocycles. The molecule has 0 fully saturated rings. The van der Waals surface area contributed by atoms with Gasteiger partial charge in [0.1, 0.15) is 5.58 Å². The molecule has 0 bridgehead atoms. The highest BCUT2D eigenvalue weighted by Crippen LogP contribution is 2.46. The van der Waals surface area contributed by atoms with Crippen LogP contribution in [-0.2, 0) is 0 Å². The molecule has 0 atom stereocenters. The summed E-state index contributed by atoms with van der Waals surface area (Å²) in [5.41, 5.74) is 10.9. The van der Waals surface area contributed by atoms with Gasteiger partial charge in [0.05, 0.1) is 27.8 Å². The second-order valence-corrected chi connectivity index (χ2v) is 18.6. The van der Waals surface area contributed by atoms with Crippen LogP contribution in [0.1, 0.15) is 0 Å². The molecule has 0 N–H and O–H groups in total. The van der Waals surface area contributed by atoms with E-state index in [0.717, 1.165) is 98.2 Å². The Kier molecular flexibility index (Phi) is 7.85. The van der Waals surface area contributed by atoms with E-state index in [0.29, 0.717) is 17.6 Å². The maximum Gasteiger partial charge on any atom is 0.238 e. The van der Waals surface area contributed by atoms with E-state index in [1.165, 1.54) is 26.2 Å². The fraction of sp³-hybridized carbons (Fsp3) is 0. The van der Waals surface area contributed by atoms with Crippen LogP contribution in [0.2, 0.25) is 0 Å². The molecule has 5 heterocycles. The molecule has 0 unspecified atom stereocenters. The Balaban J connectivity index is 1.09. The van der Waals surface area contributed by atoms with Gasteiger partial charge in [-0.25, -0.2) is 4.98 Å². The van der Waals surface area contributed by atoms with Crippen molar-refractivity contribution in [2.45, 2.75) is 0 Å².